The van der Waals surface area contributed by atoms with Crippen molar-refractivity contribution in [3.05, 3.63) is 41.4 Å². The molecule has 0 saturated carbocycles. The van der Waals surface area contributed by atoms with Crippen LogP contribution >= 0.6 is 34.7 Å². The third-order valence-corrected chi connectivity index (χ3v) is 6.08. The van der Waals surface area contributed by atoms with Crippen LogP contribution in [0.4, 0.5) is 5.69 Å². The number of hydrogen-bond donors (Lipinski definition) is 1. The number of hydrogen-bond acceptors (Lipinski definition) is 6. The smallest absolute Gasteiger partial charge is 0.237 e. The molecule has 8 heteroatoms. The Morgan fingerprint density at radius 1 is 1.28 bits per heavy atom. The molecule has 0 fully saturated rings. The first-order valence-electron chi connectivity index (χ1n) is 7.52. The Labute approximate surface area is 157 Å². The number of halogens is 1. The van der Waals surface area contributed by atoms with E-state index in [2.05, 4.69) is 10.3 Å². The molecular formula is C17H13ClN2O3S2. The summed E-state index contributed by atoms with van der Waals surface area (Å²) in [7, 11) is 0. The van der Waals surface area contributed by atoms with Gasteiger partial charge in [0.15, 0.2) is 15.8 Å². The minimum absolute atomic E-state index is 0.0962. The second kappa shape index (κ2) is 6.74. The number of rotatable bonds is 4. The molecule has 2 aromatic carbocycles. The van der Waals surface area contributed by atoms with Crippen LogP contribution in [0.15, 0.2) is 40.7 Å². The van der Waals surface area contributed by atoms with E-state index in [1.165, 1.54) is 11.8 Å². The molecule has 0 radical (unpaired) electrons. The number of thiazole rings is 1. The summed E-state index contributed by atoms with van der Waals surface area (Å²) in [5.41, 5.74) is 1.53. The molecule has 1 amide bonds. The Kier molecular flexibility index (Phi) is 4.45. The van der Waals surface area contributed by atoms with Crippen molar-refractivity contribution in [3.8, 4) is 11.5 Å². The van der Waals surface area contributed by atoms with Gasteiger partial charge in [-0.15, -0.1) is 11.3 Å². The molecule has 0 saturated heterocycles. The molecule has 0 spiro atoms. The van der Waals surface area contributed by atoms with Gasteiger partial charge in [0.1, 0.15) is 0 Å². The van der Waals surface area contributed by atoms with Gasteiger partial charge in [-0.05, 0) is 37.3 Å². The highest BCUT2D eigenvalue weighted by Crippen LogP contribution is 2.35. The van der Waals surface area contributed by atoms with E-state index < -0.39 is 0 Å². The average molecular weight is 393 g/mol. The van der Waals surface area contributed by atoms with E-state index >= 15 is 0 Å². The fraction of sp³-hybridized carbons (Fsp3) is 0.176. The Morgan fingerprint density at radius 2 is 2.12 bits per heavy atom. The topological polar surface area (TPSA) is 60.5 Å². The van der Waals surface area contributed by atoms with Crippen LogP contribution in [0.25, 0.3) is 10.2 Å². The number of nitrogens with zero attached hydrogens (tertiary/aromatic N) is 1. The lowest BCUT2D eigenvalue weighted by Gasteiger charge is -2.10. The molecule has 1 atom stereocenters. The van der Waals surface area contributed by atoms with E-state index in [0.29, 0.717) is 22.2 Å². The number of aromatic nitrogens is 1. The zero-order valence-electron chi connectivity index (χ0n) is 13.1. The van der Waals surface area contributed by atoms with Crippen molar-refractivity contribution in [2.24, 2.45) is 0 Å². The molecule has 1 aliphatic heterocycles. The quantitative estimate of drug-likeness (QED) is 0.646. The first-order chi connectivity index (χ1) is 12.1. The van der Waals surface area contributed by atoms with E-state index in [9.17, 15) is 4.79 Å². The summed E-state index contributed by atoms with van der Waals surface area (Å²) in [5, 5.41) is 3.26. The molecule has 0 bridgehead atoms. The molecular weight excluding hydrogens is 380 g/mol. The zero-order chi connectivity index (χ0) is 17.4. The highest BCUT2D eigenvalue weighted by atomic mass is 35.5. The molecule has 2 heterocycles. The van der Waals surface area contributed by atoms with Gasteiger partial charge in [-0.2, -0.15) is 0 Å². The van der Waals surface area contributed by atoms with E-state index in [4.69, 9.17) is 21.1 Å². The van der Waals surface area contributed by atoms with Crippen molar-refractivity contribution in [3.63, 3.8) is 0 Å². The number of thioether (sulfide) groups is 1. The predicted molar refractivity (Wildman–Crippen MR) is 101 cm³/mol. The molecule has 1 aromatic heterocycles. The number of carbonyl (C=O) groups excluding carboxylic acids is 1. The SMILES string of the molecule is C[C@@H](Sc1nc2cc(Cl)ccc2s1)C(=O)Nc1ccc2c(c1)OCO2. The minimum atomic E-state index is -0.290. The number of anilines is 1. The van der Waals surface area contributed by atoms with Crippen molar-refractivity contribution in [2.75, 3.05) is 12.1 Å². The van der Waals surface area contributed by atoms with Crippen molar-refractivity contribution in [1.82, 2.24) is 4.98 Å². The first-order valence-corrected chi connectivity index (χ1v) is 9.59. The van der Waals surface area contributed by atoms with Crippen LogP contribution in [0.5, 0.6) is 11.5 Å². The maximum Gasteiger partial charge on any atom is 0.237 e. The first kappa shape index (κ1) is 16.5. The van der Waals surface area contributed by atoms with Gasteiger partial charge >= 0.3 is 0 Å². The second-order valence-electron chi connectivity index (χ2n) is 5.41. The lowest BCUT2D eigenvalue weighted by molar-refractivity contribution is -0.115. The molecule has 128 valence electrons. The minimum Gasteiger partial charge on any atom is -0.454 e. The summed E-state index contributed by atoms with van der Waals surface area (Å²) in [4.78, 5) is 17.0. The monoisotopic (exact) mass is 392 g/mol. The molecule has 1 aliphatic rings. The summed E-state index contributed by atoms with van der Waals surface area (Å²) < 4.78 is 12.5. The third kappa shape index (κ3) is 3.53. The normalized spacial score (nSPS) is 13.8. The van der Waals surface area contributed by atoms with Crippen molar-refractivity contribution in [2.45, 2.75) is 16.5 Å². The second-order valence-corrected chi connectivity index (χ2v) is 8.46. The summed E-state index contributed by atoms with van der Waals surface area (Å²) in [5.74, 6) is 1.23. The van der Waals surface area contributed by atoms with Crippen LogP contribution in [0.1, 0.15) is 6.92 Å². The number of carbonyl (C=O) groups is 1. The van der Waals surface area contributed by atoms with Gasteiger partial charge in [-0.3, -0.25) is 4.79 Å². The highest BCUT2D eigenvalue weighted by molar-refractivity contribution is 8.02. The standard InChI is InChI=1S/C17H13ClN2O3S2/c1-9(24-17-20-12-6-10(18)2-5-15(12)25-17)16(21)19-11-3-4-13-14(7-11)23-8-22-13/h2-7,9H,8H2,1H3,(H,19,21)/t9-/m1/s1. The summed E-state index contributed by atoms with van der Waals surface area (Å²) in [6, 6.07) is 10.9. The van der Waals surface area contributed by atoms with Gasteiger partial charge in [0.05, 0.1) is 15.5 Å². The Hall–Kier alpha value is -1.96. The van der Waals surface area contributed by atoms with E-state index in [-0.39, 0.29) is 18.0 Å². The van der Waals surface area contributed by atoms with E-state index in [0.717, 1.165) is 14.6 Å². The maximum absolute atomic E-state index is 12.4. The maximum atomic E-state index is 12.4. The average Bonchev–Trinajstić information content (AvgIpc) is 3.19. The third-order valence-electron chi connectivity index (χ3n) is 3.62. The molecule has 3 aromatic rings. The molecule has 0 unspecified atom stereocenters. The van der Waals surface area contributed by atoms with E-state index in [1.54, 1.807) is 29.5 Å². The van der Waals surface area contributed by atoms with Crippen LogP contribution in [0, 0.1) is 0 Å². The lowest BCUT2D eigenvalue weighted by atomic mass is 10.2. The summed E-state index contributed by atoms with van der Waals surface area (Å²) >= 11 is 8.96. The Bertz CT molecular complexity index is 960. The van der Waals surface area contributed by atoms with Gasteiger partial charge < -0.3 is 14.8 Å². The number of amides is 1. The van der Waals surface area contributed by atoms with Gasteiger partial charge in [-0.1, -0.05) is 23.4 Å². The zero-order valence-corrected chi connectivity index (χ0v) is 15.5. The molecule has 1 N–H and O–H groups in total. The number of fused-ring (bicyclic) bond motifs is 2. The van der Waals surface area contributed by atoms with Gasteiger partial charge in [0, 0.05) is 16.8 Å². The van der Waals surface area contributed by atoms with Crippen LogP contribution in [0.3, 0.4) is 0 Å². The Morgan fingerprint density at radius 3 is 3.00 bits per heavy atom. The number of nitrogens with one attached hydrogen (secondary N) is 1. The highest BCUT2D eigenvalue weighted by Gasteiger charge is 2.19. The van der Waals surface area contributed by atoms with Crippen molar-refractivity contribution < 1.29 is 14.3 Å². The fourth-order valence-corrected chi connectivity index (χ4v) is 4.71. The predicted octanol–water partition coefficient (Wildman–Crippen LogP) is 4.80. The lowest BCUT2D eigenvalue weighted by Crippen LogP contribution is -2.22. The number of benzene rings is 2. The van der Waals surface area contributed by atoms with Crippen LogP contribution in [-0.2, 0) is 4.79 Å². The molecule has 0 aliphatic carbocycles. The van der Waals surface area contributed by atoms with Crippen molar-refractivity contribution in [1.29, 1.82) is 0 Å². The van der Waals surface area contributed by atoms with Gasteiger partial charge in [0.2, 0.25) is 12.7 Å². The number of ether oxygens (including phenoxy) is 2. The van der Waals surface area contributed by atoms with Gasteiger partial charge in [-0.25, -0.2) is 4.98 Å². The summed E-state index contributed by atoms with van der Waals surface area (Å²) in [6.07, 6.45) is 0. The van der Waals surface area contributed by atoms with Crippen LogP contribution in [0.2, 0.25) is 5.02 Å². The van der Waals surface area contributed by atoms with Crippen molar-refractivity contribution >= 4 is 56.5 Å². The molecule has 5 nitrogen and oxygen atoms in total. The van der Waals surface area contributed by atoms with E-state index in [1.807, 2.05) is 25.1 Å². The fourth-order valence-electron chi connectivity index (χ4n) is 2.35. The largest absolute Gasteiger partial charge is 0.454 e. The summed E-state index contributed by atoms with van der Waals surface area (Å²) in [6.45, 7) is 2.06. The van der Waals surface area contributed by atoms with Crippen LogP contribution in [-0.4, -0.2) is 22.9 Å². The molecule has 25 heavy (non-hydrogen) atoms. The Balaban J connectivity index is 1.44. The van der Waals surface area contributed by atoms with Crippen LogP contribution < -0.4 is 14.8 Å². The van der Waals surface area contributed by atoms with Gasteiger partial charge in [0.25, 0.3) is 0 Å². The molecule has 4 rings (SSSR count).